The third-order valence-corrected chi connectivity index (χ3v) is 2.66. The molecule has 0 aromatic carbocycles. The smallest absolute Gasteiger partial charge is 0.283 e. The molecule has 0 aliphatic rings. The van der Waals surface area contributed by atoms with E-state index in [0.29, 0.717) is 10.2 Å². The molecule has 3 nitrogen and oxygen atoms in total. The van der Waals surface area contributed by atoms with Crippen molar-refractivity contribution in [1.82, 2.24) is 9.78 Å². The molecule has 6 heteroatoms. The van der Waals surface area contributed by atoms with E-state index in [2.05, 4.69) is 21.0 Å². The van der Waals surface area contributed by atoms with Crippen LogP contribution in [0.5, 0.6) is 0 Å². The Morgan fingerprint density at radius 3 is 2.62 bits per heavy atom. The van der Waals surface area contributed by atoms with E-state index in [1.165, 1.54) is 4.68 Å². The predicted molar refractivity (Wildman–Crippen MR) is 46.7 cm³/mol. The average molecular weight is 255 g/mol. The van der Waals surface area contributed by atoms with Crippen LogP contribution in [0.4, 0.5) is 8.78 Å². The molecular formula is C7H9BrF2N2O. The minimum atomic E-state index is -2.59. The van der Waals surface area contributed by atoms with E-state index >= 15 is 0 Å². The largest absolute Gasteiger partial charge is 0.394 e. The second kappa shape index (κ2) is 4.15. The van der Waals surface area contributed by atoms with Crippen molar-refractivity contribution in [2.24, 2.45) is 0 Å². The highest BCUT2D eigenvalue weighted by atomic mass is 79.9. The Morgan fingerprint density at radius 2 is 2.23 bits per heavy atom. The molecule has 1 aromatic rings. The monoisotopic (exact) mass is 254 g/mol. The van der Waals surface area contributed by atoms with Gasteiger partial charge < -0.3 is 5.11 Å². The highest BCUT2D eigenvalue weighted by Crippen LogP contribution is 2.28. The fourth-order valence-electron chi connectivity index (χ4n) is 0.999. The Bertz CT molecular complexity index is 301. The lowest BCUT2D eigenvalue weighted by Crippen LogP contribution is -2.06. The molecule has 1 rings (SSSR count). The highest BCUT2D eigenvalue weighted by molar-refractivity contribution is 9.10. The van der Waals surface area contributed by atoms with Crippen LogP contribution in [0.2, 0.25) is 0 Å². The molecule has 0 bridgehead atoms. The lowest BCUT2D eigenvalue weighted by Gasteiger charge is -1.99. The molecule has 0 amide bonds. The third-order valence-electron chi connectivity index (χ3n) is 1.68. The van der Waals surface area contributed by atoms with Crippen LogP contribution in [-0.4, -0.2) is 21.5 Å². The van der Waals surface area contributed by atoms with E-state index < -0.39 is 6.43 Å². The van der Waals surface area contributed by atoms with Gasteiger partial charge in [-0.2, -0.15) is 5.10 Å². The van der Waals surface area contributed by atoms with Crippen LogP contribution in [0.3, 0.4) is 0 Å². The van der Waals surface area contributed by atoms with Gasteiger partial charge >= 0.3 is 0 Å². The van der Waals surface area contributed by atoms with Crippen molar-refractivity contribution in [3.63, 3.8) is 0 Å². The molecule has 0 radical (unpaired) electrons. The molecule has 1 aromatic heterocycles. The SMILES string of the molecule is Cc1c(Br)c(C(F)F)nn1CCO. The van der Waals surface area contributed by atoms with Crippen molar-refractivity contribution in [3.8, 4) is 0 Å². The molecule has 1 N–H and O–H groups in total. The average Bonchev–Trinajstić information content (AvgIpc) is 2.33. The van der Waals surface area contributed by atoms with Gasteiger partial charge in [-0.05, 0) is 22.9 Å². The quantitative estimate of drug-likeness (QED) is 0.895. The van der Waals surface area contributed by atoms with E-state index in [-0.39, 0.29) is 18.8 Å². The molecule has 13 heavy (non-hydrogen) atoms. The number of hydrogen-bond acceptors (Lipinski definition) is 2. The zero-order chi connectivity index (χ0) is 10.0. The molecule has 0 saturated carbocycles. The van der Waals surface area contributed by atoms with Crippen molar-refractivity contribution in [1.29, 1.82) is 0 Å². The van der Waals surface area contributed by atoms with Crippen molar-refractivity contribution in [3.05, 3.63) is 15.9 Å². The number of aromatic nitrogens is 2. The summed E-state index contributed by atoms with van der Waals surface area (Å²) >= 11 is 3.03. The molecule has 74 valence electrons. The second-order valence-electron chi connectivity index (χ2n) is 2.53. The van der Waals surface area contributed by atoms with Gasteiger partial charge in [0.05, 0.1) is 23.3 Å². The van der Waals surface area contributed by atoms with Crippen molar-refractivity contribution < 1.29 is 13.9 Å². The summed E-state index contributed by atoms with van der Waals surface area (Å²) < 4.78 is 26.3. The van der Waals surface area contributed by atoms with Gasteiger partial charge in [-0.25, -0.2) is 8.78 Å². The molecular weight excluding hydrogens is 246 g/mol. The van der Waals surface area contributed by atoms with Crippen LogP contribution in [-0.2, 0) is 6.54 Å². The zero-order valence-electron chi connectivity index (χ0n) is 6.97. The number of aliphatic hydroxyl groups is 1. The van der Waals surface area contributed by atoms with Crippen LogP contribution in [0.15, 0.2) is 4.47 Å². The van der Waals surface area contributed by atoms with Gasteiger partial charge in [0.1, 0.15) is 5.69 Å². The van der Waals surface area contributed by atoms with E-state index in [1.807, 2.05) is 0 Å². The molecule has 0 aliphatic carbocycles. The minimum Gasteiger partial charge on any atom is -0.394 e. The van der Waals surface area contributed by atoms with Crippen LogP contribution in [0.25, 0.3) is 0 Å². The first kappa shape index (κ1) is 10.6. The summed E-state index contributed by atoms with van der Waals surface area (Å²) in [6, 6.07) is 0. The van der Waals surface area contributed by atoms with Crippen LogP contribution in [0, 0.1) is 6.92 Å². The van der Waals surface area contributed by atoms with E-state index in [0.717, 1.165) is 0 Å². The van der Waals surface area contributed by atoms with Crippen molar-refractivity contribution in [2.75, 3.05) is 6.61 Å². The number of nitrogens with zero attached hydrogens (tertiary/aromatic N) is 2. The van der Waals surface area contributed by atoms with Gasteiger partial charge in [0.15, 0.2) is 0 Å². The fourth-order valence-corrected chi connectivity index (χ4v) is 1.46. The predicted octanol–water partition coefficient (Wildman–Crippen LogP) is 1.88. The first-order valence-corrected chi connectivity index (χ1v) is 4.49. The molecule has 0 fully saturated rings. The van der Waals surface area contributed by atoms with Crippen molar-refractivity contribution in [2.45, 2.75) is 19.9 Å². The summed E-state index contributed by atoms with van der Waals surface area (Å²) in [7, 11) is 0. The maximum absolute atomic E-state index is 12.3. The lowest BCUT2D eigenvalue weighted by molar-refractivity contribution is 0.143. The number of hydrogen-bond donors (Lipinski definition) is 1. The summed E-state index contributed by atoms with van der Waals surface area (Å²) in [5, 5.41) is 12.3. The Morgan fingerprint density at radius 1 is 1.62 bits per heavy atom. The first-order chi connectivity index (χ1) is 6.07. The van der Waals surface area contributed by atoms with Gasteiger partial charge in [-0.3, -0.25) is 4.68 Å². The maximum atomic E-state index is 12.3. The van der Waals surface area contributed by atoms with Gasteiger partial charge in [0.25, 0.3) is 6.43 Å². The lowest BCUT2D eigenvalue weighted by atomic mass is 10.4. The summed E-state index contributed by atoms with van der Waals surface area (Å²) in [5.74, 6) is 0. The number of rotatable bonds is 3. The van der Waals surface area contributed by atoms with Crippen LogP contribution in [0.1, 0.15) is 17.8 Å². The zero-order valence-corrected chi connectivity index (χ0v) is 8.55. The van der Waals surface area contributed by atoms with Crippen LogP contribution < -0.4 is 0 Å². The topological polar surface area (TPSA) is 38.0 Å². The molecule has 0 saturated heterocycles. The maximum Gasteiger partial charge on any atom is 0.283 e. The van der Waals surface area contributed by atoms with Gasteiger partial charge in [-0.1, -0.05) is 0 Å². The minimum absolute atomic E-state index is 0.113. The Labute approximate surface area is 82.5 Å². The Hall–Kier alpha value is -0.490. The van der Waals surface area contributed by atoms with E-state index in [4.69, 9.17) is 5.11 Å². The Balaban J connectivity index is 3.05. The first-order valence-electron chi connectivity index (χ1n) is 3.69. The number of alkyl halides is 2. The summed E-state index contributed by atoms with van der Waals surface area (Å²) in [6.07, 6.45) is -2.59. The molecule has 0 aliphatic heterocycles. The molecule has 0 atom stereocenters. The fraction of sp³-hybridized carbons (Fsp3) is 0.571. The van der Waals surface area contributed by atoms with Gasteiger partial charge in [0, 0.05) is 0 Å². The molecule has 0 unspecified atom stereocenters. The summed E-state index contributed by atoms with van der Waals surface area (Å²) in [4.78, 5) is 0. The number of aliphatic hydroxyl groups excluding tert-OH is 1. The number of halogens is 3. The van der Waals surface area contributed by atoms with E-state index in [1.54, 1.807) is 6.92 Å². The molecule has 0 spiro atoms. The summed E-state index contributed by atoms with van der Waals surface area (Å²) in [6.45, 7) is 1.79. The van der Waals surface area contributed by atoms with Crippen molar-refractivity contribution >= 4 is 15.9 Å². The Kier molecular flexibility index (Phi) is 3.38. The summed E-state index contributed by atoms with van der Waals surface area (Å²) in [5.41, 5.74) is 0.329. The highest BCUT2D eigenvalue weighted by Gasteiger charge is 2.19. The van der Waals surface area contributed by atoms with Gasteiger partial charge in [-0.15, -0.1) is 0 Å². The normalized spacial score (nSPS) is 11.2. The standard InChI is InChI=1S/C7H9BrF2N2O/c1-4-5(8)6(7(9)10)11-12(4)2-3-13/h7,13H,2-3H2,1H3. The second-order valence-corrected chi connectivity index (χ2v) is 3.33. The van der Waals surface area contributed by atoms with Gasteiger partial charge in [0.2, 0.25) is 0 Å². The van der Waals surface area contributed by atoms with E-state index in [9.17, 15) is 8.78 Å². The third kappa shape index (κ3) is 2.05. The van der Waals surface area contributed by atoms with Crippen LogP contribution >= 0.6 is 15.9 Å². The molecule has 1 heterocycles.